The molecule has 0 saturated carbocycles. The molecule has 7 heteroatoms. The van der Waals surface area contributed by atoms with Gasteiger partial charge in [-0.1, -0.05) is 0 Å². The molecule has 4 aromatic rings. The summed E-state index contributed by atoms with van der Waals surface area (Å²) in [4.78, 5) is 0.825. The van der Waals surface area contributed by atoms with Crippen molar-refractivity contribution in [3.05, 3.63) is 127 Å². The SMILES string of the molecule is CCCC1=Cc2c(-c3cc(C)cc(C)c3C)cccc2[CH]1[Zr]([Cl])([Cl])([BH]N([Si](C)(C)C)[Si](C)(C)C)[CH]1C(CCC)=Cc2c(-c3cc(C)cc(C)c3C)cccc21. The van der Waals surface area contributed by atoms with Crippen molar-refractivity contribution in [2.75, 3.05) is 0 Å². The number of hydrogen-bond donors (Lipinski definition) is 0. The molecule has 4 aromatic carbocycles. The van der Waals surface area contributed by atoms with Gasteiger partial charge in [-0.15, -0.1) is 0 Å². The molecule has 6 rings (SSSR count). The number of halogens is 2. The topological polar surface area (TPSA) is 3.24 Å². The van der Waals surface area contributed by atoms with Crippen molar-refractivity contribution in [3.63, 3.8) is 0 Å². The Bertz CT molecular complexity index is 2070. The van der Waals surface area contributed by atoms with Gasteiger partial charge in [0.05, 0.1) is 0 Å². The Morgan fingerprint density at radius 1 is 0.582 bits per heavy atom. The van der Waals surface area contributed by atoms with Gasteiger partial charge in [0.2, 0.25) is 0 Å². The number of nitrogens with zero attached hydrogens (tertiary/aromatic N) is 1. The molecule has 2 unspecified atom stereocenters. The van der Waals surface area contributed by atoms with E-state index in [4.69, 9.17) is 0 Å². The number of rotatable bonds is 12. The third-order valence-corrected chi connectivity index (χ3v) is 40.0. The van der Waals surface area contributed by atoms with Crippen molar-refractivity contribution in [2.45, 2.75) is 128 Å². The minimum atomic E-state index is -5.30. The molecule has 2 aliphatic rings. The molecule has 0 saturated heterocycles. The third kappa shape index (κ3) is 7.79. The normalized spacial score (nSPS) is 17.8. The van der Waals surface area contributed by atoms with Crippen LogP contribution in [0.2, 0.25) is 39.3 Å². The molecule has 291 valence electrons. The Morgan fingerprint density at radius 2 is 0.964 bits per heavy atom. The summed E-state index contributed by atoms with van der Waals surface area (Å²) in [5.41, 5.74) is 21.6. The van der Waals surface area contributed by atoms with Crippen LogP contribution in [0, 0.1) is 41.5 Å². The molecule has 2 atom stereocenters. The van der Waals surface area contributed by atoms with Gasteiger partial charge in [-0.05, 0) is 0 Å². The fourth-order valence-corrected chi connectivity index (χ4v) is 52.9. The van der Waals surface area contributed by atoms with Gasteiger partial charge in [-0.2, -0.15) is 0 Å². The number of hydrogen-bond acceptors (Lipinski definition) is 1. The van der Waals surface area contributed by atoms with Gasteiger partial charge in [0, 0.05) is 0 Å². The second kappa shape index (κ2) is 15.5. The molecule has 2 aliphatic carbocycles. The summed E-state index contributed by atoms with van der Waals surface area (Å²) in [5.74, 6) is 0. The van der Waals surface area contributed by atoms with Crippen LogP contribution in [0.15, 0.2) is 71.8 Å². The first-order valence-electron chi connectivity index (χ1n) is 20.8. The molecule has 0 radical (unpaired) electrons. The molecular weight excluding hydrogens is 820 g/mol. The predicted molar refractivity (Wildman–Crippen MR) is 251 cm³/mol. The first-order chi connectivity index (χ1) is 25.6. The van der Waals surface area contributed by atoms with E-state index in [2.05, 4.69) is 172 Å². The molecule has 1 nitrogen and oxygen atoms in total. The zero-order valence-electron chi connectivity index (χ0n) is 36.3. The number of allylic oxidation sites excluding steroid dienone is 2. The van der Waals surface area contributed by atoms with E-state index in [1.54, 1.807) is 0 Å². The summed E-state index contributed by atoms with van der Waals surface area (Å²) >= 11 is -5.30. The fraction of sp³-hybridized carbons (Fsp3) is 0.417. The van der Waals surface area contributed by atoms with Crippen LogP contribution in [0.5, 0.6) is 0 Å². The molecular formula is C48H65BCl2NSi2Zr. The Labute approximate surface area is 345 Å². The second-order valence-electron chi connectivity index (χ2n) is 19.2. The fourth-order valence-electron chi connectivity index (χ4n) is 10.6. The molecule has 0 fully saturated rings. The van der Waals surface area contributed by atoms with E-state index in [9.17, 15) is 17.0 Å². The van der Waals surface area contributed by atoms with Gasteiger partial charge in [-0.25, -0.2) is 0 Å². The van der Waals surface area contributed by atoms with Crippen LogP contribution in [-0.4, -0.2) is 25.6 Å². The van der Waals surface area contributed by atoms with Gasteiger partial charge < -0.3 is 0 Å². The minimum absolute atomic E-state index is 0.0175. The Morgan fingerprint density at radius 3 is 1.31 bits per heavy atom. The maximum absolute atomic E-state index is 9.19. The van der Waals surface area contributed by atoms with E-state index in [0.717, 1.165) is 30.6 Å². The molecule has 0 bridgehead atoms. The molecule has 0 aromatic heterocycles. The van der Waals surface area contributed by atoms with E-state index in [0.29, 0.717) is 0 Å². The van der Waals surface area contributed by atoms with Crippen LogP contribution in [0.1, 0.15) is 102 Å². The predicted octanol–water partition coefficient (Wildman–Crippen LogP) is 15.3. The van der Waals surface area contributed by atoms with Crippen molar-refractivity contribution in [1.29, 1.82) is 0 Å². The van der Waals surface area contributed by atoms with Crippen LogP contribution in [-0.2, 0) is 16.2 Å². The summed E-state index contributed by atoms with van der Waals surface area (Å²) in [5, 5.41) is 0. The monoisotopic (exact) mass is 882 g/mol. The second-order valence-corrected chi connectivity index (χ2v) is 51.4. The van der Waals surface area contributed by atoms with Crippen molar-refractivity contribution in [2.24, 2.45) is 0 Å². The molecule has 0 amide bonds. The van der Waals surface area contributed by atoms with Crippen LogP contribution < -0.4 is 0 Å². The van der Waals surface area contributed by atoms with Crippen LogP contribution >= 0.6 is 17.0 Å². The van der Waals surface area contributed by atoms with E-state index in [-0.39, 0.29) is 7.25 Å². The van der Waals surface area contributed by atoms with Gasteiger partial charge >= 0.3 is 348 Å². The van der Waals surface area contributed by atoms with Crippen LogP contribution in [0.25, 0.3) is 34.4 Å². The number of fused-ring (bicyclic) bond motifs is 2. The summed E-state index contributed by atoms with van der Waals surface area (Å²) < 4.78 is 2.98. The first-order valence-corrected chi connectivity index (χ1v) is 38.6. The van der Waals surface area contributed by atoms with E-state index in [1.165, 1.54) is 89.0 Å². The zero-order chi connectivity index (χ0) is 40.4. The summed E-state index contributed by atoms with van der Waals surface area (Å²) in [6.07, 6.45) is 9.23. The van der Waals surface area contributed by atoms with E-state index < -0.39 is 32.6 Å². The third-order valence-electron chi connectivity index (χ3n) is 12.8. The molecule has 0 aliphatic heterocycles. The number of benzene rings is 4. The average molecular weight is 885 g/mol. The van der Waals surface area contributed by atoms with E-state index in [1.807, 2.05) is 0 Å². The molecule has 55 heavy (non-hydrogen) atoms. The Balaban J connectivity index is 1.71. The summed E-state index contributed by atoms with van der Waals surface area (Å²) in [7, 11) is 14.6. The molecule has 0 N–H and O–H groups in total. The zero-order valence-corrected chi connectivity index (χ0v) is 42.3. The number of aryl methyl sites for hydroxylation is 4. The van der Waals surface area contributed by atoms with Crippen molar-refractivity contribution < 1.29 is 16.2 Å². The van der Waals surface area contributed by atoms with E-state index >= 15 is 0 Å². The molecule has 0 heterocycles. The summed E-state index contributed by atoms with van der Waals surface area (Å²) in [6.45, 7) is 33.3. The first kappa shape index (κ1) is 42.9. The summed E-state index contributed by atoms with van der Waals surface area (Å²) in [6, 6.07) is 23.5. The molecule has 0 spiro atoms. The quantitative estimate of drug-likeness (QED) is 0.128. The average Bonchev–Trinajstić information content (AvgIpc) is 3.66. The van der Waals surface area contributed by atoms with Crippen LogP contribution in [0.3, 0.4) is 0 Å². The van der Waals surface area contributed by atoms with Gasteiger partial charge in [-0.3, -0.25) is 0 Å². The van der Waals surface area contributed by atoms with Gasteiger partial charge in [0.1, 0.15) is 0 Å². The van der Waals surface area contributed by atoms with Crippen LogP contribution in [0.4, 0.5) is 0 Å². The van der Waals surface area contributed by atoms with Gasteiger partial charge in [0.15, 0.2) is 0 Å². The Hall–Kier alpha value is -1.72. The Kier molecular flexibility index (Phi) is 12.1. The van der Waals surface area contributed by atoms with Crippen molar-refractivity contribution >= 4 is 50.6 Å². The maximum atomic E-state index is 9.19. The standard InChI is InChI=1S/2C21H23.C6H19BNSi2.2ClH.Zr/c2*1-5-7-17-12-18-8-6-9-19(21(18)13-17)20-11-14(2)10-15(3)16(20)4;1-9(2,3)8(7)10(4,5)6;;;/h2*6,8-13H,5,7H2,1-4H3;7H,1-6H3;2*1H;/q;;+1;;;+1/p-2. The van der Waals surface area contributed by atoms with Crippen molar-refractivity contribution in [3.8, 4) is 22.3 Å². The van der Waals surface area contributed by atoms with Gasteiger partial charge in [0.25, 0.3) is 0 Å². The van der Waals surface area contributed by atoms with Crippen molar-refractivity contribution in [1.82, 2.24) is 4.14 Å².